The molecule has 1 N–H and O–H groups in total. The van der Waals surface area contributed by atoms with Gasteiger partial charge in [0.1, 0.15) is 5.82 Å². The molecule has 0 saturated heterocycles. The molecule has 1 aromatic heterocycles. The van der Waals surface area contributed by atoms with E-state index >= 15 is 0 Å². The maximum Gasteiger partial charge on any atom is 0.313 e. The molecule has 3 aromatic rings. The van der Waals surface area contributed by atoms with Gasteiger partial charge >= 0.3 is 11.8 Å². The van der Waals surface area contributed by atoms with Gasteiger partial charge in [0.15, 0.2) is 5.78 Å². The zero-order chi connectivity index (χ0) is 17.1. The van der Waals surface area contributed by atoms with Gasteiger partial charge in [-0.15, -0.1) is 10.2 Å². The molecule has 0 atom stereocenters. The van der Waals surface area contributed by atoms with Crippen molar-refractivity contribution in [3.63, 3.8) is 0 Å². The zero-order valence-electron chi connectivity index (χ0n) is 12.6. The Morgan fingerprint density at radius 2 is 1.67 bits per heavy atom. The first-order valence-electron chi connectivity index (χ1n) is 7.05. The van der Waals surface area contributed by atoms with Crippen LogP contribution in [0.5, 0.6) is 0 Å². The first-order chi connectivity index (χ1) is 11.5. The number of hydrogen-bond acceptors (Lipinski definition) is 5. The summed E-state index contributed by atoms with van der Waals surface area (Å²) < 4.78 is 18.2. The molecule has 0 radical (unpaired) electrons. The minimum Gasteiger partial charge on any atom is -0.412 e. The second-order valence-electron chi connectivity index (χ2n) is 5.01. The van der Waals surface area contributed by atoms with Gasteiger partial charge in [-0.2, -0.15) is 0 Å². The third kappa shape index (κ3) is 3.35. The highest BCUT2D eigenvalue weighted by Gasteiger charge is 2.16. The lowest BCUT2D eigenvalue weighted by atomic mass is 10.1. The molecule has 24 heavy (non-hydrogen) atoms. The van der Waals surface area contributed by atoms with Crippen LogP contribution in [-0.4, -0.2) is 21.9 Å². The van der Waals surface area contributed by atoms with Gasteiger partial charge in [-0.05, 0) is 55.5 Å². The molecule has 6 nitrogen and oxygen atoms in total. The zero-order valence-corrected chi connectivity index (χ0v) is 12.6. The van der Waals surface area contributed by atoms with E-state index in [-0.39, 0.29) is 23.4 Å². The number of anilines is 1. The van der Waals surface area contributed by atoms with Gasteiger partial charge in [0, 0.05) is 16.8 Å². The number of halogens is 1. The Kier molecular flexibility index (Phi) is 4.15. The van der Waals surface area contributed by atoms with Crippen LogP contribution in [0.2, 0.25) is 0 Å². The number of carbonyl (C=O) groups excluding carboxylic acids is 2. The molecule has 0 fully saturated rings. The molecule has 0 aliphatic rings. The maximum atomic E-state index is 12.9. The number of ketones is 1. The molecule has 1 heterocycles. The predicted octanol–water partition coefficient (Wildman–Crippen LogP) is 3.33. The lowest BCUT2D eigenvalue weighted by Crippen LogP contribution is -2.12. The van der Waals surface area contributed by atoms with Crippen LogP contribution in [-0.2, 0) is 0 Å². The molecular formula is C17H12FN3O3. The Hall–Kier alpha value is -3.35. The van der Waals surface area contributed by atoms with Crippen LogP contribution < -0.4 is 5.32 Å². The SMILES string of the molecule is CC(=O)c1ccc(NC(=O)c2nnc(-c3ccc(F)cc3)o2)cc1. The second-order valence-corrected chi connectivity index (χ2v) is 5.01. The van der Waals surface area contributed by atoms with Crippen molar-refractivity contribution >= 4 is 17.4 Å². The van der Waals surface area contributed by atoms with E-state index in [1.807, 2.05) is 0 Å². The van der Waals surface area contributed by atoms with Crippen LogP contribution in [0.4, 0.5) is 10.1 Å². The normalized spacial score (nSPS) is 10.4. The molecule has 0 saturated carbocycles. The number of hydrogen-bond donors (Lipinski definition) is 1. The van der Waals surface area contributed by atoms with Crippen LogP contribution in [0.3, 0.4) is 0 Å². The Bertz CT molecular complexity index is 886. The number of carbonyl (C=O) groups is 2. The first kappa shape index (κ1) is 15.5. The van der Waals surface area contributed by atoms with E-state index in [1.54, 1.807) is 24.3 Å². The van der Waals surface area contributed by atoms with E-state index in [0.717, 1.165) is 0 Å². The van der Waals surface area contributed by atoms with Gasteiger partial charge in [-0.1, -0.05) is 0 Å². The van der Waals surface area contributed by atoms with E-state index < -0.39 is 5.91 Å². The molecular weight excluding hydrogens is 313 g/mol. The standard InChI is InChI=1S/C17H12FN3O3/c1-10(22)11-4-8-14(9-5-11)19-15(23)17-21-20-16(24-17)12-2-6-13(18)7-3-12/h2-9H,1H3,(H,19,23). The highest BCUT2D eigenvalue weighted by atomic mass is 19.1. The lowest BCUT2D eigenvalue weighted by molar-refractivity contribution is 0.0989. The van der Waals surface area contributed by atoms with Gasteiger partial charge < -0.3 is 9.73 Å². The van der Waals surface area contributed by atoms with Crippen molar-refractivity contribution in [2.24, 2.45) is 0 Å². The molecule has 2 aromatic carbocycles. The van der Waals surface area contributed by atoms with Gasteiger partial charge in [0.25, 0.3) is 0 Å². The summed E-state index contributed by atoms with van der Waals surface area (Å²) in [7, 11) is 0. The van der Waals surface area contributed by atoms with Crippen molar-refractivity contribution in [3.8, 4) is 11.5 Å². The Morgan fingerprint density at radius 1 is 1.00 bits per heavy atom. The highest BCUT2D eigenvalue weighted by molar-refractivity contribution is 6.01. The topological polar surface area (TPSA) is 85.1 Å². The lowest BCUT2D eigenvalue weighted by Gasteiger charge is -2.02. The van der Waals surface area contributed by atoms with Gasteiger partial charge in [-0.3, -0.25) is 9.59 Å². The maximum absolute atomic E-state index is 12.9. The number of nitrogens with zero attached hydrogens (tertiary/aromatic N) is 2. The fraction of sp³-hybridized carbons (Fsp3) is 0.0588. The van der Waals surface area contributed by atoms with Crippen LogP contribution in [0.25, 0.3) is 11.5 Å². The van der Waals surface area contributed by atoms with Gasteiger partial charge in [0.2, 0.25) is 5.89 Å². The second kappa shape index (κ2) is 6.41. The number of rotatable bonds is 4. The number of aromatic nitrogens is 2. The predicted molar refractivity (Wildman–Crippen MR) is 84.1 cm³/mol. The summed E-state index contributed by atoms with van der Waals surface area (Å²) in [5.41, 5.74) is 1.55. The molecule has 3 rings (SSSR count). The van der Waals surface area contributed by atoms with E-state index in [9.17, 15) is 14.0 Å². The van der Waals surface area contributed by atoms with E-state index in [0.29, 0.717) is 16.8 Å². The third-order valence-electron chi connectivity index (χ3n) is 3.26. The number of benzene rings is 2. The summed E-state index contributed by atoms with van der Waals surface area (Å²) in [6, 6.07) is 11.9. The summed E-state index contributed by atoms with van der Waals surface area (Å²) in [4.78, 5) is 23.3. The monoisotopic (exact) mass is 325 g/mol. The Balaban J connectivity index is 1.73. The van der Waals surface area contributed by atoms with E-state index in [1.165, 1.54) is 31.2 Å². The van der Waals surface area contributed by atoms with Gasteiger partial charge in [-0.25, -0.2) is 4.39 Å². The van der Waals surface area contributed by atoms with E-state index in [4.69, 9.17) is 4.42 Å². The summed E-state index contributed by atoms with van der Waals surface area (Å²) in [5.74, 6) is -1.12. The number of amides is 1. The smallest absolute Gasteiger partial charge is 0.313 e. The molecule has 0 unspecified atom stereocenters. The Morgan fingerprint density at radius 3 is 2.29 bits per heavy atom. The highest BCUT2D eigenvalue weighted by Crippen LogP contribution is 2.19. The van der Waals surface area contributed by atoms with Crippen LogP contribution >= 0.6 is 0 Å². The summed E-state index contributed by atoms with van der Waals surface area (Å²) in [6.45, 7) is 1.46. The molecule has 0 aliphatic carbocycles. The largest absolute Gasteiger partial charge is 0.412 e. The van der Waals surface area contributed by atoms with Crippen molar-refractivity contribution in [2.45, 2.75) is 6.92 Å². The molecule has 0 aliphatic heterocycles. The van der Waals surface area contributed by atoms with Crippen molar-refractivity contribution in [3.05, 3.63) is 65.8 Å². The third-order valence-corrected chi connectivity index (χ3v) is 3.26. The Labute approximate surface area is 136 Å². The van der Waals surface area contributed by atoms with Crippen molar-refractivity contribution in [1.82, 2.24) is 10.2 Å². The van der Waals surface area contributed by atoms with Crippen molar-refractivity contribution < 1.29 is 18.4 Å². The van der Waals surface area contributed by atoms with Crippen LogP contribution in [0, 0.1) is 5.82 Å². The summed E-state index contributed by atoms with van der Waals surface area (Å²) in [5, 5.41) is 10.0. The molecule has 0 spiro atoms. The summed E-state index contributed by atoms with van der Waals surface area (Å²) >= 11 is 0. The molecule has 1 amide bonds. The summed E-state index contributed by atoms with van der Waals surface area (Å²) in [6.07, 6.45) is 0. The fourth-order valence-electron chi connectivity index (χ4n) is 2.00. The number of nitrogens with one attached hydrogen (secondary N) is 1. The fourth-order valence-corrected chi connectivity index (χ4v) is 2.00. The average Bonchev–Trinajstić information content (AvgIpc) is 3.06. The van der Waals surface area contributed by atoms with Crippen molar-refractivity contribution in [1.29, 1.82) is 0 Å². The van der Waals surface area contributed by atoms with Gasteiger partial charge in [0.05, 0.1) is 0 Å². The molecule has 7 heteroatoms. The minimum absolute atomic E-state index is 0.0614. The molecule has 120 valence electrons. The van der Waals surface area contributed by atoms with Crippen LogP contribution in [0.15, 0.2) is 52.9 Å². The number of Topliss-reactive ketones (excluding diaryl/α,β-unsaturated/α-hetero) is 1. The van der Waals surface area contributed by atoms with E-state index in [2.05, 4.69) is 15.5 Å². The molecule has 0 bridgehead atoms. The van der Waals surface area contributed by atoms with Crippen LogP contribution in [0.1, 0.15) is 28.0 Å². The first-order valence-corrected chi connectivity index (χ1v) is 7.05. The average molecular weight is 325 g/mol. The quantitative estimate of drug-likeness (QED) is 0.744. The minimum atomic E-state index is -0.577. The van der Waals surface area contributed by atoms with Crippen molar-refractivity contribution in [2.75, 3.05) is 5.32 Å².